The fourth-order valence-corrected chi connectivity index (χ4v) is 4.67. The molecule has 3 fully saturated rings. The summed E-state index contributed by atoms with van der Waals surface area (Å²) < 4.78 is 5.16. The number of piperidine rings is 1. The molecule has 1 unspecified atom stereocenters. The van der Waals surface area contributed by atoms with Gasteiger partial charge in [0.1, 0.15) is 5.75 Å². The van der Waals surface area contributed by atoms with Crippen LogP contribution in [-0.4, -0.2) is 44.6 Å². The minimum Gasteiger partial charge on any atom is -0.497 e. The highest BCUT2D eigenvalue weighted by Gasteiger charge is 2.46. The van der Waals surface area contributed by atoms with Crippen molar-refractivity contribution in [1.82, 2.24) is 10.6 Å². The molecule has 2 amide bonds. The molecule has 0 aromatic heterocycles. The molecule has 26 heavy (non-hydrogen) atoms. The molecule has 2 N–H and O–H groups in total. The van der Waals surface area contributed by atoms with E-state index in [1.165, 1.54) is 12.8 Å². The zero-order valence-electron chi connectivity index (χ0n) is 15.3. The largest absolute Gasteiger partial charge is 0.497 e. The van der Waals surface area contributed by atoms with Crippen molar-refractivity contribution in [3.63, 3.8) is 0 Å². The summed E-state index contributed by atoms with van der Waals surface area (Å²) >= 11 is 0. The van der Waals surface area contributed by atoms with Crippen LogP contribution in [0.25, 0.3) is 0 Å². The maximum Gasteiger partial charge on any atom is 0.227 e. The summed E-state index contributed by atoms with van der Waals surface area (Å²) in [6, 6.07) is 7.69. The van der Waals surface area contributed by atoms with Crippen LogP contribution in [0.4, 0.5) is 5.69 Å². The molecular formula is C20H27N3O3. The number of nitrogens with zero attached hydrogens (tertiary/aromatic N) is 1. The second kappa shape index (κ2) is 6.91. The van der Waals surface area contributed by atoms with Gasteiger partial charge in [0.15, 0.2) is 0 Å². The molecule has 4 rings (SSSR count). The van der Waals surface area contributed by atoms with E-state index in [2.05, 4.69) is 10.6 Å². The van der Waals surface area contributed by atoms with Gasteiger partial charge >= 0.3 is 0 Å². The molecule has 1 aliphatic carbocycles. The lowest BCUT2D eigenvalue weighted by Crippen LogP contribution is -2.55. The van der Waals surface area contributed by atoms with E-state index >= 15 is 0 Å². The number of benzene rings is 1. The lowest BCUT2D eigenvalue weighted by atomic mass is 9.60. The second-order valence-electron chi connectivity index (χ2n) is 7.97. The quantitative estimate of drug-likeness (QED) is 0.860. The van der Waals surface area contributed by atoms with E-state index in [0.717, 1.165) is 37.4 Å². The first-order valence-electron chi connectivity index (χ1n) is 9.54. The Labute approximate surface area is 154 Å². The van der Waals surface area contributed by atoms with E-state index in [9.17, 15) is 9.59 Å². The van der Waals surface area contributed by atoms with Crippen LogP contribution in [0.5, 0.6) is 5.75 Å². The SMILES string of the molecule is COc1ccc(N2CC(C(=O)NC3CC4(CCNCC4)C3)CC2=O)cc1. The van der Waals surface area contributed by atoms with Gasteiger partial charge in [0.05, 0.1) is 13.0 Å². The predicted octanol–water partition coefficient (Wildman–Crippen LogP) is 1.70. The molecule has 6 nitrogen and oxygen atoms in total. The summed E-state index contributed by atoms with van der Waals surface area (Å²) in [7, 11) is 1.62. The Balaban J connectivity index is 1.31. The molecule has 0 bridgehead atoms. The summed E-state index contributed by atoms with van der Waals surface area (Å²) in [6.07, 6.45) is 4.89. The zero-order chi connectivity index (χ0) is 18.1. The predicted molar refractivity (Wildman–Crippen MR) is 99.2 cm³/mol. The van der Waals surface area contributed by atoms with Crippen LogP contribution in [0.3, 0.4) is 0 Å². The Morgan fingerprint density at radius 1 is 1.23 bits per heavy atom. The molecule has 140 valence electrons. The molecule has 1 aromatic rings. The topological polar surface area (TPSA) is 70.7 Å². The Hall–Kier alpha value is -2.08. The first-order valence-corrected chi connectivity index (χ1v) is 9.54. The number of nitrogens with one attached hydrogen (secondary N) is 2. The van der Waals surface area contributed by atoms with E-state index in [1.54, 1.807) is 12.0 Å². The number of rotatable bonds is 4. The summed E-state index contributed by atoms with van der Waals surface area (Å²) in [5.41, 5.74) is 1.27. The van der Waals surface area contributed by atoms with Crippen molar-refractivity contribution >= 4 is 17.5 Å². The summed E-state index contributed by atoms with van der Waals surface area (Å²) in [6.45, 7) is 2.64. The molecular weight excluding hydrogens is 330 g/mol. The molecule has 1 aromatic carbocycles. The first kappa shape index (κ1) is 17.3. The van der Waals surface area contributed by atoms with Crippen LogP contribution < -0.4 is 20.3 Å². The second-order valence-corrected chi connectivity index (χ2v) is 7.97. The lowest BCUT2D eigenvalue weighted by Gasteiger charge is -2.50. The molecule has 0 radical (unpaired) electrons. The van der Waals surface area contributed by atoms with Gasteiger partial charge in [-0.3, -0.25) is 9.59 Å². The molecule has 6 heteroatoms. The number of anilines is 1. The van der Waals surface area contributed by atoms with Gasteiger partial charge in [-0.1, -0.05) is 0 Å². The highest BCUT2D eigenvalue weighted by molar-refractivity contribution is 6.00. The number of methoxy groups -OCH3 is 1. The number of hydrogen-bond donors (Lipinski definition) is 2. The highest BCUT2D eigenvalue weighted by atomic mass is 16.5. The number of ether oxygens (including phenoxy) is 1. The van der Waals surface area contributed by atoms with Gasteiger partial charge < -0.3 is 20.3 Å². The average molecular weight is 357 g/mol. The van der Waals surface area contributed by atoms with Gasteiger partial charge in [-0.2, -0.15) is 0 Å². The van der Waals surface area contributed by atoms with Gasteiger partial charge in [0, 0.05) is 24.7 Å². The van der Waals surface area contributed by atoms with E-state index < -0.39 is 0 Å². The normalized spacial score (nSPS) is 25.2. The Kier molecular flexibility index (Phi) is 4.61. The fourth-order valence-electron chi connectivity index (χ4n) is 4.67. The molecule has 1 saturated carbocycles. The van der Waals surface area contributed by atoms with E-state index in [1.807, 2.05) is 24.3 Å². The lowest BCUT2D eigenvalue weighted by molar-refractivity contribution is -0.128. The van der Waals surface area contributed by atoms with Gasteiger partial charge in [0.25, 0.3) is 0 Å². The van der Waals surface area contributed by atoms with E-state index in [-0.39, 0.29) is 23.8 Å². The van der Waals surface area contributed by atoms with Crippen molar-refractivity contribution in [3.05, 3.63) is 24.3 Å². The van der Waals surface area contributed by atoms with Gasteiger partial charge in [-0.15, -0.1) is 0 Å². The van der Waals surface area contributed by atoms with Gasteiger partial charge in [-0.05, 0) is 68.5 Å². The van der Waals surface area contributed by atoms with Crippen molar-refractivity contribution in [2.75, 3.05) is 31.6 Å². The third kappa shape index (κ3) is 3.30. The van der Waals surface area contributed by atoms with Crippen LogP contribution in [-0.2, 0) is 9.59 Å². The number of amides is 2. The van der Waals surface area contributed by atoms with Crippen LogP contribution >= 0.6 is 0 Å². The molecule has 1 spiro atoms. The average Bonchev–Trinajstić information content (AvgIpc) is 3.03. The Morgan fingerprint density at radius 2 is 1.92 bits per heavy atom. The van der Waals surface area contributed by atoms with E-state index in [4.69, 9.17) is 4.74 Å². The first-order chi connectivity index (χ1) is 12.6. The Morgan fingerprint density at radius 3 is 2.58 bits per heavy atom. The van der Waals surface area contributed by atoms with Crippen LogP contribution in [0.2, 0.25) is 0 Å². The van der Waals surface area contributed by atoms with Crippen LogP contribution in [0.15, 0.2) is 24.3 Å². The van der Waals surface area contributed by atoms with Crippen molar-refractivity contribution in [1.29, 1.82) is 0 Å². The van der Waals surface area contributed by atoms with Crippen molar-refractivity contribution in [2.45, 2.75) is 38.1 Å². The van der Waals surface area contributed by atoms with Crippen LogP contribution in [0.1, 0.15) is 32.1 Å². The Bertz CT molecular complexity index is 674. The molecule has 3 aliphatic rings. The minimum atomic E-state index is -0.255. The number of carbonyl (C=O) groups excluding carboxylic acids is 2. The maximum atomic E-state index is 12.6. The molecule has 2 aliphatic heterocycles. The third-order valence-electron chi connectivity index (χ3n) is 6.25. The van der Waals surface area contributed by atoms with Crippen LogP contribution in [0, 0.1) is 11.3 Å². The van der Waals surface area contributed by atoms with Gasteiger partial charge in [0.2, 0.25) is 11.8 Å². The maximum absolute atomic E-state index is 12.6. The number of hydrogen-bond acceptors (Lipinski definition) is 4. The zero-order valence-corrected chi connectivity index (χ0v) is 15.3. The summed E-state index contributed by atoms with van der Waals surface area (Å²) in [4.78, 5) is 26.7. The highest BCUT2D eigenvalue weighted by Crippen LogP contribution is 2.48. The van der Waals surface area contributed by atoms with Crippen molar-refractivity contribution < 1.29 is 14.3 Å². The molecule has 2 saturated heterocycles. The van der Waals surface area contributed by atoms with Crippen molar-refractivity contribution in [2.24, 2.45) is 11.3 Å². The monoisotopic (exact) mass is 357 g/mol. The number of carbonyl (C=O) groups is 2. The standard InChI is InChI=1S/C20H27N3O3/c1-26-17-4-2-16(3-5-17)23-13-14(10-18(23)24)19(25)22-15-11-20(12-15)6-8-21-9-7-20/h2-5,14-15,21H,6-13H2,1H3,(H,22,25). The van der Waals surface area contributed by atoms with Crippen molar-refractivity contribution in [3.8, 4) is 5.75 Å². The fraction of sp³-hybridized carbons (Fsp3) is 0.600. The third-order valence-corrected chi connectivity index (χ3v) is 6.25. The molecule has 2 heterocycles. The van der Waals surface area contributed by atoms with Gasteiger partial charge in [-0.25, -0.2) is 0 Å². The smallest absolute Gasteiger partial charge is 0.227 e. The minimum absolute atomic E-state index is 0.0127. The van der Waals surface area contributed by atoms with E-state index in [0.29, 0.717) is 18.4 Å². The summed E-state index contributed by atoms with van der Waals surface area (Å²) in [5, 5.41) is 6.59. The molecule has 1 atom stereocenters. The summed E-state index contributed by atoms with van der Waals surface area (Å²) in [5.74, 6) is 0.544.